The summed E-state index contributed by atoms with van der Waals surface area (Å²) in [6.07, 6.45) is 1.52. The number of hydrogen-bond acceptors (Lipinski definition) is 3. The van der Waals surface area contributed by atoms with Gasteiger partial charge in [-0.15, -0.1) is 0 Å². The van der Waals surface area contributed by atoms with E-state index in [0.717, 1.165) is 10.0 Å². The molecule has 0 heterocycles. The summed E-state index contributed by atoms with van der Waals surface area (Å²) < 4.78 is 2.10. The van der Waals surface area contributed by atoms with Crippen LogP contribution in [0.4, 0.5) is 0 Å². The predicted molar refractivity (Wildman–Crippen MR) is 97.7 cm³/mol. The molecule has 0 bridgehead atoms. The van der Waals surface area contributed by atoms with E-state index in [1.807, 2.05) is 28.7 Å². The summed E-state index contributed by atoms with van der Waals surface area (Å²) >= 11 is 8.58. The highest BCUT2D eigenvalue weighted by Crippen LogP contribution is 2.29. The number of amides is 1. The van der Waals surface area contributed by atoms with Crippen molar-refractivity contribution in [2.24, 2.45) is 5.10 Å². The van der Waals surface area contributed by atoms with Crippen molar-refractivity contribution in [3.05, 3.63) is 60.0 Å². The molecule has 0 fully saturated rings. The van der Waals surface area contributed by atoms with Gasteiger partial charge in [-0.05, 0) is 74.4 Å². The molecule has 0 aromatic heterocycles. The zero-order valence-electron chi connectivity index (χ0n) is 10.5. The van der Waals surface area contributed by atoms with E-state index in [0.29, 0.717) is 13.6 Å². The fourth-order valence-electron chi connectivity index (χ4n) is 1.52. The molecule has 0 unspecified atom stereocenters. The van der Waals surface area contributed by atoms with Gasteiger partial charge < -0.3 is 5.11 Å². The van der Waals surface area contributed by atoms with E-state index in [1.54, 1.807) is 30.3 Å². The number of benzene rings is 2. The maximum absolute atomic E-state index is 11.9. The molecule has 0 radical (unpaired) electrons. The van der Waals surface area contributed by atoms with Gasteiger partial charge in [-0.25, -0.2) is 5.43 Å². The van der Waals surface area contributed by atoms with Crippen LogP contribution in [0.25, 0.3) is 0 Å². The third kappa shape index (κ3) is 4.52. The molecule has 21 heavy (non-hydrogen) atoms. The smallest absolute Gasteiger partial charge is 0.271 e. The zero-order chi connectivity index (χ0) is 15.4. The summed E-state index contributed by atoms with van der Waals surface area (Å²) in [5.41, 5.74) is 3.74. The van der Waals surface area contributed by atoms with Gasteiger partial charge in [0, 0.05) is 10.0 Å². The number of phenolic OH excluding ortho intramolecular Hbond substituents is 1. The van der Waals surface area contributed by atoms with E-state index in [2.05, 4.69) is 42.4 Å². The average Bonchev–Trinajstić information content (AvgIpc) is 2.44. The van der Waals surface area contributed by atoms with E-state index in [-0.39, 0.29) is 11.7 Å². The standard InChI is InChI=1S/C14H9Br2IN2O2/c15-10-3-1-2-9(6-10)14(21)19-18-7-8-4-11(16)13(20)12(17)5-8/h1-7,20H,(H,19,21)/b18-7-. The van der Waals surface area contributed by atoms with Crippen LogP contribution in [0, 0.1) is 3.57 Å². The Morgan fingerprint density at radius 2 is 2.05 bits per heavy atom. The second-order valence-electron chi connectivity index (χ2n) is 4.04. The number of hydrazone groups is 1. The summed E-state index contributed by atoms with van der Waals surface area (Å²) in [4.78, 5) is 11.9. The van der Waals surface area contributed by atoms with E-state index < -0.39 is 0 Å². The molecule has 0 aliphatic heterocycles. The number of phenols is 1. The van der Waals surface area contributed by atoms with Crippen molar-refractivity contribution < 1.29 is 9.90 Å². The van der Waals surface area contributed by atoms with Gasteiger partial charge in [-0.1, -0.05) is 22.0 Å². The normalized spacial score (nSPS) is 10.8. The van der Waals surface area contributed by atoms with E-state index in [4.69, 9.17) is 0 Å². The molecular formula is C14H9Br2IN2O2. The van der Waals surface area contributed by atoms with Gasteiger partial charge in [-0.3, -0.25) is 4.79 Å². The average molecular weight is 524 g/mol. The Morgan fingerprint density at radius 1 is 1.29 bits per heavy atom. The highest BCUT2D eigenvalue weighted by Gasteiger charge is 2.06. The van der Waals surface area contributed by atoms with Crippen LogP contribution in [0.2, 0.25) is 0 Å². The van der Waals surface area contributed by atoms with Crippen LogP contribution in [0.15, 0.2) is 50.4 Å². The first-order chi connectivity index (χ1) is 9.97. The van der Waals surface area contributed by atoms with E-state index in [9.17, 15) is 9.90 Å². The van der Waals surface area contributed by atoms with Crippen molar-refractivity contribution in [3.8, 4) is 5.75 Å². The van der Waals surface area contributed by atoms with Gasteiger partial charge in [0.25, 0.3) is 5.91 Å². The Bertz CT molecular complexity index is 697. The lowest BCUT2D eigenvalue weighted by atomic mass is 10.2. The Kier molecular flexibility index (Phi) is 5.77. The third-order valence-corrected chi connectivity index (χ3v) is 4.43. The Hall–Kier alpha value is -0.930. The van der Waals surface area contributed by atoms with Crippen molar-refractivity contribution in [1.29, 1.82) is 0 Å². The number of rotatable bonds is 3. The highest BCUT2D eigenvalue weighted by molar-refractivity contribution is 14.1. The molecule has 2 N–H and O–H groups in total. The van der Waals surface area contributed by atoms with Gasteiger partial charge >= 0.3 is 0 Å². The van der Waals surface area contributed by atoms with Crippen molar-refractivity contribution in [1.82, 2.24) is 5.43 Å². The summed E-state index contributed by atoms with van der Waals surface area (Å²) in [6.45, 7) is 0. The maximum Gasteiger partial charge on any atom is 0.271 e. The lowest BCUT2D eigenvalue weighted by Crippen LogP contribution is -2.17. The minimum Gasteiger partial charge on any atom is -0.506 e. The number of hydrogen-bond donors (Lipinski definition) is 2. The molecule has 2 aromatic carbocycles. The van der Waals surface area contributed by atoms with Gasteiger partial charge in [0.1, 0.15) is 5.75 Å². The first kappa shape index (κ1) is 16.4. The molecular weight excluding hydrogens is 515 g/mol. The Labute approximate surface area is 152 Å². The third-order valence-electron chi connectivity index (χ3n) is 2.51. The summed E-state index contributed by atoms with van der Waals surface area (Å²) in [5.74, 6) is -0.106. The summed E-state index contributed by atoms with van der Waals surface area (Å²) in [7, 11) is 0. The SMILES string of the molecule is O=C(N/N=C\c1cc(Br)c(O)c(I)c1)c1cccc(Br)c1. The van der Waals surface area contributed by atoms with Crippen LogP contribution in [0.1, 0.15) is 15.9 Å². The molecule has 108 valence electrons. The van der Waals surface area contributed by atoms with Crippen LogP contribution in [0.5, 0.6) is 5.75 Å². The highest BCUT2D eigenvalue weighted by atomic mass is 127. The van der Waals surface area contributed by atoms with Crippen LogP contribution in [0.3, 0.4) is 0 Å². The Balaban J connectivity index is 2.07. The molecule has 0 aliphatic rings. The molecule has 2 rings (SSSR count). The number of nitrogens with one attached hydrogen (secondary N) is 1. The molecule has 1 amide bonds. The molecule has 0 atom stereocenters. The van der Waals surface area contributed by atoms with E-state index in [1.165, 1.54) is 6.21 Å². The number of nitrogens with zero attached hydrogens (tertiary/aromatic N) is 1. The largest absolute Gasteiger partial charge is 0.506 e. The molecule has 0 aliphatic carbocycles. The quantitative estimate of drug-likeness (QED) is 0.358. The van der Waals surface area contributed by atoms with Crippen LogP contribution < -0.4 is 5.43 Å². The maximum atomic E-state index is 11.9. The van der Waals surface area contributed by atoms with Crippen molar-refractivity contribution in [2.75, 3.05) is 0 Å². The van der Waals surface area contributed by atoms with Gasteiger partial charge in [0.15, 0.2) is 0 Å². The second-order valence-corrected chi connectivity index (χ2v) is 6.97. The summed E-state index contributed by atoms with van der Waals surface area (Å²) in [5, 5.41) is 13.6. The zero-order valence-corrected chi connectivity index (χ0v) is 15.8. The molecule has 0 saturated heterocycles. The lowest BCUT2D eigenvalue weighted by molar-refractivity contribution is 0.0955. The monoisotopic (exact) mass is 522 g/mol. The van der Waals surface area contributed by atoms with Crippen LogP contribution in [-0.2, 0) is 0 Å². The minimum absolute atomic E-state index is 0.186. The molecule has 0 spiro atoms. The molecule has 4 nitrogen and oxygen atoms in total. The topological polar surface area (TPSA) is 61.7 Å². The second kappa shape index (κ2) is 7.37. The van der Waals surface area contributed by atoms with Gasteiger partial charge in [0.2, 0.25) is 0 Å². The molecule has 2 aromatic rings. The fraction of sp³-hybridized carbons (Fsp3) is 0. The predicted octanol–water partition coefficient (Wildman–Crippen LogP) is 4.29. The van der Waals surface area contributed by atoms with Gasteiger partial charge in [-0.2, -0.15) is 5.10 Å². The van der Waals surface area contributed by atoms with Crippen molar-refractivity contribution >= 4 is 66.6 Å². The van der Waals surface area contributed by atoms with Crippen molar-refractivity contribution in [3.63, 3.8) is 0 Å². The van der Waals surface area contributed by atoms with Crippen LogP contribution in [-0.4, -0.2) is 17.2 Å². The number of halogens is 3. The fourth-order valence-corrected chi connectivity index (χ4v) is 3.42. The lowest BCUT2D eigenvalue weighted by Gasteiger charge is -2.03. The number of carbonyl (C=O) groups is 1. The minimum atomic E-state index is -0.292. The first-order valence-corrected chi connectivity index (χ1v) is 8.41. The van der Waals surface area contributed by atoms with Crippen molar-refractivity contribution in [2.45, 2.75) is 0 Å². The van der Waals surface area contributed by atoms with Gasteiger partial charge in [0.05, 0.1) is 14.3 Å². The number of aromatic hydroxyl groups is 1. The van der Waals surface area contributed by atoms with Crippen LogP contribution >= 0.6 is 54.5 Å². The first-order valence-electron chi connectivity index (χ1n) is 5.74. The molecule has 0 saturated carbocycles. The number of carbonyl (C=O) groups excluding carboxylic acids is 1. The summed E-state index contributed by atoms with van der Waals surface area (Å²) in [6, 6.07) is 10.5. The van der Waals surface area contributed by atoms with E-state index >= 15 is 0 Å². The molecule has 7 heteroatoms. The Morgan fingerprint density at radius 3 is 2.71 bits per heavy atom.